The Kier molecular flexibility index (Phi) is 1.16. The van der Waals surface area contributed by atoms with Gasteiger partial charge in [0.15, 0.2) is 0 Å². The number of ketones is 2. The zero-order chi connectivity index (χ0) is 6.15. The molecule has 1 aliphatic rings. The molecule has 1 atom stereocenters. The second kappa shape index (κ2) is 1.69. The molecule has 2 heteroatoms. The van der Waals surface area contributed by atoms with Gasteiger partial charge in [-0.05, 0) is 13.3 Å². The van der Waals surface area contributed by atoms with Gasteiger partial charge < -0.3 is 0 Å². The van der Waals surface area contributed by atoms with Crippen molar-refractivity contribution >= 4 is 11.6 Å². The SMILES string of the molecule is CC(=O)C1CCC1=O. The lowest BCUT2D eigenvalue weighted by Crippen LogP contribution is -2.31. The number of hydrogen-bond acceptors (Lipinski definition) is 2. The molecule has 0 bridgehead atoms. The van der Waals surface area contributed by atoms with E-state index in [0.29, 0.717) is 6.42 Å². The average molecular weight is 112 g/mol. The lowest BCUT2D eigenvalue weighted by Gasteiger charge is -2.19. The standard InChI is InChI=1S/C6H8O2/c1-4(7)5-2-3-6(5)8/h5H,2-3H2,1H3. The zero-order valence-electron chi connectivity index (χ0n) is 4.81. The third-order valence-electron chi connectivity index (χ3n) is 1.56. The van der Waals surface area contributed by atoms with E-state index in [9.17, 15) is 9.59 Å². The maximum absolute atomic E-state index is 10.5. The lowest BCUT2D eigenvalue weighted by molar-refractivity contribution is -0.137. The van der Waals surface area contributed by atoms with Crippen LogP contribution in [-0.4, -0.2) is 11.6 Å². The first kappa shape index (κ1) is 5.48. The van der Waals surface area contributed by atoms with Crippen molar-refractivity contribution in [2.45, 2.75) is 19.8 Å². The van der Waals surface area contributed by atoms with E-state index in [4.69, 9.17) is 0 Å². The average Bonchev–Trinajstić information content (AvgIpc) is 1.61. The molecule has 0 aromatic heterocycles. The molecule has 1 rings (SSSR count). The molecule has 2 nitrogen and oxygen atoms in total. The Balaban J connectivity index is 2.49. The summed E-state index contributed by atoms with van der Waals surface area (Å²) in [6, 6.07) is 0. The number of Topliss-reactive ketones (excluding diaryl/α,β-unsaturated/α-hetero) is 2. The van der Waals surface area contributed by atoms with E-state index in [2.05, 4.69) is 0 Å². The Morgan fingerprint density at radius 3 is 2.38 bits per heavy atom. The van der Waals surface area contributed by atoms with Crippen LogP contribution in [0.15, 0.2) is 0 Å². The Labute approximate surface area is 47.9 Å². The van der Waals surface area contributed by atoms with E-state index in [1.165, 1.54) is 6.92 Å². The van der Waals surface area contributed by atoms with Crippen molar-refractivity contribution in [2.75, 3.05) is 0 Å². The van der Waals surface area contributed by atoms with E-state index in [1.54, 1.807) is 0 Å². The highest BCUT2D eigenvalue weighted by molar-refractivity contribution is 6.05. The smallest absolute Gasteiger partial charge is 0.143 e. The minimum atomic E-state index is -0.227. The molecule has 0 aromatic rings. The number of hydrogen-bond donors (Lipinski definition) is 0. The fourth-order valence-electron chi connectivity index (χ4n) is 0.836. The molecular formula is C6H8O2. The molecule has 1 unspecified atom stereocenters. The molecule has 8 heavy (non-hydrogen) atoms. The molecule has 0 spiro atoms. The first-order valence-electron chi connectivity index (χ1n) is 2.75. The molecule has 44 valence electrons. The van der Waals surface area contributed by atoms with Crippen molar-refractivity contribution in [3.8, 4) is 0 Å². The molecule has 0 aliphatic heterocycles. The number of carbonyl (C=O) groups is 2. The van der Waals surface area contributed by atoms with E-state index < -0.39 is 0 Å². The summed E-state index contributed by atoms with van der Waals surface area (Å²) in [5.74, 6) is -0.0752. The van der Waals surface area contributed by atoms with Crippen molar-refractivity contribution < 1.29 is 9.59 Å². The number of carbonyl (C=O) groups excluding carboxylic acids is 2. The summed E-state index contributed by atoms with van der Waals surface area (Å²) in [6.45, 7) is 1.47. The van der Waals surface area contributed by atoms with Gasteiger partial charge in [-0.3, -0.25) is 9.59 Å². The van der Waals surface area contributed by atoms with Crippen molar-refractivity contribution in [2.24, 2.45) is 5.92 Å². The lowest BCUT2D eigenvalue weighted by atomic mass is 9.81. The van der Waals surface area contributed by atoms with Crippen LogP contribution >= 0.6 is 0 Å². The van der Waals surface area contributed by atoms with E-state index in [-0.39, 0.29) is 17.5 Å². The fourth-order valence-corrected chi connectivity index (χ4v) is 0.836. The van der Waals surface area contributed by atoms with Gasteiger partial charge in [-0.2, -0.15) is 0 Å². The summed E-state index contributed by atoms with van der Waals surface area (Å²) in [4.78, 5) is 20.9. The summed E-state index contributed by atoms with van der Waals surface area (Å²) in [5, 5.41) is 0. The molecule has 0 radical (unpaired) electrons. The summed E-state index contributed by atoms with van der Waals surface area (Å²) in [5.41, 5.74) is 0. The molecule has 0 heterocycles. The molecule has 1 saturated carbocycles. The largest absolute Gasteiger partial charge is 0.299 e. The third kappa shape index (κ3) is 0.661. The summed E-state index contributed by atoms with van der Waals surface area (Å²) < 4.78 is 0. The van der Waals surface area contributed by atoms with Gasteiger partial charge in [0.2, 0.25) is 0 Å². The van der Waals surface area contributed by atoms with Crippen LogP contribution in [-0.2, 0) is 9.59 Å². The Morgan fingerprint density at radius 2 is 2.38 bits per heavy atom. The summed E-state index contributed by atoms with van der Waals surface area (Å²) in [7, 11) is 0. The van der Waals surface area contributed by atoms with Crippen molar-refractivity contribution in [3.63, 3.8) is 0 Å². The van der Waals surface area contributed by atoms with Crippen molar-refractivity contribution in [3.05, 3.63) is 0 Å². The van der Waals surface area contributed by atoms with Crippen molar-refractivity contribution in [1.29, 1.82) is 0 Å². The Morgan fingerprint density at radius 1 is 1.75 bits per heavy atom. The molecule has 1 fully saturated rings. The van der Waals surface area contributed by atoms with E-state index >= 15 is 0 Å². The molecule has 0 saturated heterocycles. The van der Waals surface area contributed by atoms with E-state index in [1.807, 2.05) is 0 Å². The highest BCUT2D eigenvalue weighted by Gasteiger charge is 2.31. The predicted molar refractivity (Wildman–Crippen MR) is 28.4 cm³/mol. The van der Waals surface area contributed by atoms with Crippen LogP contribution in [0.25, 0.3) is 0 Å². The van der Waals surface area contributed by atoms with Crippen LogP contribution in [0, 0.1) is 5.92 Å². The molecule has 1 aliphatic carbocycles. The monoisotopic (exact) mass is 112 g/mol. The predicted octanol–water partition coefficient (Wildman–Crippen LogP) is 0.554. The van der Waals surface area contributed by atoms with Gasteiger partial charge in [0.25, 0.3) is 0 Å². The van der Waals surface area contributed by atoms with Gasteiger partial charge in [-0.1, -0.05) is 0 Å². The second-order valence-electron chi connectivity index (χ2n) is 2.17. The van der Waals surface area contributed by atoms with Crippen LogP contribution < -0.4 is 0 Å². The first-order valence-corrected chi connectivity index (χ1v) is 2.75. The summed E-state index contributed by atoms with van der Waals surface area (Å²) in [6.07, 6.45) is 1.40. The second-order valence-corrected chi connectivity index (χ2v) is 2.17. The van der Waals surface area contributed by atoms with Crippen LogP contribution in [0.1, 0.15) is 19.8 Å². The fraction of sp³-hybridized carbons (Fsp3) is 0.667. The quantitative estimate of drug-likeness (QED) is 0.464. The maximum atomic E-state index is 10.5. The van der Waals surface area contributed by atoms with Crippen LogP contribution in [0.5, 0.6) is 0 Å². The molecule has 0 aromatic carbocycles. The number of rotatable bonds is 1. The first-order chi connectivity index (χ1) is 3.72. The van der Waals surface area contributed by atoms with Gasteiger partial charge in [0, 0.05) is 6.42 Å². The van der Waals surface area contributed by atoms with Crippen LogP contribution in [0.4, 0.5) is 0 Å². The normalized spacial score (nSPS) is 27.1. The van der Waals surface area contributed by atoms with Gasteiger partial charge in [-0.15, -0.1) is 0 Å². The zero-order valence-corrected chi connectivity index (χ0v) is 4.81. The highest BCUT2D eigenvalue weighted by Crippen LogP contribution is 2.22. The van der Waals surface area contributed by atoms with Gasteiger partial charge in [0.1, 0.15) is 11.6 Å². The highest BCUT2D eigenvalue weighted by atomic mass is 16.2. The molecular weight excluding hydrogens is 104 g/mol. The van der Waals surface area contributed by atoms with Gasteiger partial charge >= 0.3 is 0 Å². The topological polar surface area (TPSA) is 34.1 Å². The summed E-state index contributed by atoms with van der Waals surface area (Å²) >= 11 is 0. The van der Waals surface area contributed by atoms with Gasteiger partial charge in [0.05, 0.1) is 5.92 Å². The van der Waals surface area contributed by atoms with Crippen molar-refractivity contribution in [1.82, 2.24) is 0 Å². The Hall–Kier alpha value is -0.660. The van der Waals surface area contributed by atoms with E-state index in [0.717, 1.165) is 6.42 Å². The minimum absolute atomic E-state index is 0.0289. The maximum Gasteiger partial charge on any atom is 0.143 e. The molecule has 0 N–H and O–H groups in total. The molecule has 0 amide bonds. The van der Waals surface area contributed by atoms with Crippen LogP contribution in [0.2, 0.25) is 0 Å². The van der Waals surface area contributed by atoms with Crippen LogP contribution in [0.3, 0.4) is 0 Å². The Bertz CT molecular complexity index is 129. The van der Waals surface area contributed by atoms with Gasteiger partial charge in [-0.25, -0.2) is 0 Å². The third-order valence-corrected chi connectivity index (χ3v) is 1.56. The minimum Gasteiger partial charge on any atom is -0.299 e.